The molecule has 10 heteroatoms. The number of aromatic nitrogens is 2. The Kier molecular flexibility index (Phi) is 3.43. The summed E-state index contributed by atoms with van der Waals surface area (Å²) < 4.78 is 29.4. The molecule has 100 valence electrons. The molecule has 0 bridgehead atoms. The summed E-state index contributed by atoms with van der Waals surface area (Å²) in [5.74, 6) is -0.0499. The minimum absolute atomic E-state index is 0.000664. The molecular weight excluding hydrogens is 305 g/mol. The lowest BCUT2D eigenvalue weighted by Crippen LogP contribution is -2.26. The van der Waals surface area contributed by atoms with Crippen LogP contribution < -0.4 is 0 Å². The van der Waals surface area contributed by atoms with Gasteiger partial charge in [0.15, 0.2) is 16.8 Å². The first kappa shape index (κ1) is 13.4. The van der Waals surface area contributed by atoms with E-state index >= 15 is 0 Å². The summed E-state index contributed by atoms with van der Waals surface area (Å²) >= 11 is 5.87. The highest BCUT2D eigenvalue weighted by Gasteiger charge is 2.32. The van der Waals surface area contributed by atoms with E-state index in [1.165, 1.54) is 7.05 Å². The van der Waals surface area contributed by atoms with E-state index in [1.807, 2.05) is 0 Å². The van der Waals surface area contributed by atoms with Crippen molar-refractivity contribution in [1.82, 2.24) is 9.78 Å². The van der Waals surface area contributed by atoms with Crippen molar-refractivity contribution >= 4 is 37.2 Å². The first-order valence-electron chi connectivity index (χ1n) is 4.85. The van der Waals surface area contributed by atoms with Gasteiger partial charge in [0.25, 0.3) is 14.9 Å². The van der Waals surface area contributed by atoms with Crippen molar-refractivity contribution in [3.05, 3.63) is 10.7 Å². The molecule has 2 rings (SSSR count). The molecule has 0 aliphatic carbocycles. The van der Waals surface area contributed by atoms with E-state index < -0.39 is 9.05 Å². The maximum Gasteiger partial charge on any atom is 0.279 e. The van der Waals surface area contributed by atoms with E-state index in [0.29, 0.717) is 0 Å². The Bertz CT molecular complexity index is 610. The number of halogens is 2. The van der Waals surface area contributed by atoms with Crippen LogP contribution >= 0.6 is 22.3 Å². The van der Waals surface area contributed by atoms with Gasteiger partial charge in [0.05, 0.1) is 0 Å². The molecule has 0 saturated carbocycles. The SMILES string of the molecule is CC1CON=C(c2c(Cl)nn(C)c2S(=O)(=O)Cl)O1. The Balaban J connectivity index is 2.61. The lowest BCUT2D eigenvalue weighted by Gasteiger charge is -2.19. The molecule has 1 aliphatic heterocycles. The molecule has 0 fully saturated rings. The number of oxime groups is 1. The Morgan fingerprint density at radius 3 is 2.72 bits per heavy atom. The van der Waals surface area contributed by atoms with Gasteiger partial charge in [-0.1, -0.05) is 11.6 Å². The van der Waals surface area contributed by atoms with Crippen molar-refractivity contribution < 1.29 is 18.0 Å². The molecule has 0 aromatic carbocycles. The Hall–Kier alpha value is -0.990. The van der Waals surface area contributed by atoms with Crippen molar-refractivity contribution in [1.29, 1.82) is 0 Å². The van der Waals surface area contributed by atoms with Gasteiger partial charge in [-0.25, -0.2) is 8.42 Å². The predicted octanol–water partition coefficient (Wildman–Crippen LogP) is 1.10. The average molecular weight is 314 g/mol. The first-order chi connectivity index (χ1) is 8.30. The predicted molar refractivity (Wildman–Crippen MR) is 64.3 cm³/mol. The van der Waals surface area contributed by atoms with Crippen LogP contribution in [0.2, 0.25) is 5.15 Å². The van der Waals surface area contributed by atoms with Crippen LogP contribution in [-0.2, 0) is 25.7 Å². The largest absolute Gasteiger partial charge is 0.468 e. The van der Waals surface area contributed by atoms with E-state index in [1.54, 1.807) is 6.92 Å². The number of aryl methyl sites for hydroxylation is 1. The molecular formula is C8H9Cl2N3O4S. The third kappa shape index (κ3) is 2.40. The highest BCUT2D eigenvalue weighted by atomic mass is 35.7. The first-order valence-corrected chi connectivity index (χ1v) is 7.53. The van der Waals surface area contributed by atoms with E-state index in [-0.39, 0.29) is 34.4 Å². The van der Waals surface area contributed by atoms with Crippen LogP contribution in [0, 0.1) is 0 Å². The highest BCUT2D eigenvalue weighted by molar-refractivity contribution is 8.13. The molecule has 0 N–H and O–H groups in total. The van der Waals surface area contributed by atoms with Gasteiger partial charge in [0, 0.05) is 17.7 Å². The second-order valence-corrected chi connectivity index (χ2v) is 6.49. The van der Waals surface area contributed by atoms with Gasteiger partial charge < -0.3 is 9.57 Å². The number of hydrogen-bond donors (Lipinski definition) is 0. The zero-order valence-corrected chi connectivity index (χ0v) is 11.8. The van der Waals surface area contributed by atoms with Gasteiger partial charge in [-0.2, -0.15) is 5.10 Å². The molecule has 7 nitrogen and oxygen atoms in total. The van der Waals surface area contributed by atoms with E-state index in [4.69, 9.17) is 31.9 Å². The van der Waals surface area contributed by atoms with E-state index in [9.17, 15) is 8.42 Å². The molecule has 1 atom stereocenters. The summed E-state index contributed by atoms with van der Waals surface area (Å²) in [4.78, 5) is 4.91. The normalized spacial score (nSPS) is 20.0. The number of ether oxygens (including phenoxy) is 1. The lowest BCUT2D eigenvalue weighted by molar-refractivity contribution is 0.0194. The molecule has 1 aliphatic rings. The minimum atomic E-state index is -4.04. The van der Waals surface area contributed by atoms with Crippen molar-refractivity contribution in [3.63, 3.8) is 0 Å². The summed E-state index contributed by atoms with van der Waals surface area (Å²) in [6.07, 6.45) is -0.278. The molecule has 0 amide bonds. The van der Waals surface area contributed by atoms with Crippen LogP contribution in [0.5, 0.6) is 0 Å². The second-order valence-electron chi connectivity index (χ2n) is 3.65. The molecule has 0 radical (unpaired) electrons. The molecule has 18 heavy (non-hydrogen) atoms. The fraction of sp³-hybridized carbons (Fsp3) is 0.500. The Morgan fingerprint density at radius 2 is 2.17 bits per heavy atom. The van der Waals surface area contributed by atoms with Crippen LogP contribution in [0.25, 0.3) is 0 Å². The Morgan fingerprint density at radius 1 is 1.50 bits per heavy atom. The van der Waals surface area contributed by atoms with Crippen molar-refractivity contribution in [2.45, 2.75) is 18.1 Å². The zero-order valence-electron chi connectivity index (χ0n) is 9.42. The maximum absolute atomic E-state index is 11.5. The lowest BCUT2D eigenvalue weighted by atomic mass is 10.3. The highest BCUT2D eigenvalue weighted by Crippen LogP contribution is 2.28. The summed E-state index contributed by atoms with van der Waals surface area (Å²) in [5.41, 5.74) is 0.000664. The average Bonchev–Trinajstić information content (AvgIpc) is 2.53. The number of rotatable bonds is 2. The van der Waals surface area contributed by atoms with Gasteiger partial charge in [0.2, 0.25) is 0 Å². The van der Waals surface area contributed by atoms with Crippen LogP contribution in [0.15, 0.2) is 10.2 Å². The molecule has 0 saturated heterocycles. The van der Waals surface area contributed by atoms with Gasteiger partial charge in [0.1, 0.15) is 11.7 Å². The third-order valence-electron chi connectivity index (χ3n) is 2.17. The molecule has 2 heterocycles. The van der Waals surface area contributed by atoms with Gasteiger partial charge >= 0.3 is 0 Å². The summed E-state index contributed by atoms with van der Waals surface area (Å²) in [5, 5.41) is 7.05. The van der Waals surface area contributed by atoms with Gasteiger partial charge in [-0.3, -0.25) is 4.68 Å². The van der Waals surface area contributed by atoms with Gasteiger partial charge in [-0.15, -0.1) is 0 Å². The summed E-state index contributed by atoms with van der Waals surface area (Å²) in [6, 6.07) is 0. The number of nitrogens with zero attached hydrogens (tertiary/aromatic N) is 3. The van der Waals surface area contributed by atoms with Gasteiger partial charge in [-0.05, 0) is 12.1 Å². The second kappa shape index (κ2) is 4.60. The Labute approximate surface area is 113 Å². The molecule has 1 aromatic heterocycles. The maximum atomic E-state index is 11.5. The summed E-state index contributed by atoms with van der Waals surface area (Å²) in [6.45, 7) is 2.01. The fourth-order valence-corrected chi connectivity index (χ4v) is 3.14. The standard InChI is InChI=1S/C8H9Cl2N3O4S/c1-4-3-16-12-7(17-4)5-6(9)11-13(2)8(5)18(10,14)15/h4H,3H2,1-2H3. The van der Waals surface area contributed by atoms with Crippen molar-refractivity contribution in [2.24, 2.45) is 12.2 Å². The van der Waals surface area contributed by atoms with Crippen molar-refractivity contribution in [2.75, 3.05) is 6.61 Å². The van der Waals surface area contributed by atoms with E-state index in [0.717, 1.165) is 4.68 Å². The van der Waals surface area contributed by atoms with Crippen molar-refractivity contribution in [3.8, 4) is 0 Å². The molecule has 0 spiro atoms. The summed E-state index contributed by atoms with van der Waals surface area (Å²) in [7, 11) is 2.70. The zero-order chi connectivity index (χ0) is 13.5. The van der Waals surface area contributed by atoms with Crippen LogP contribution in [0.4, 0.5) is 0 Å². The molecule has 1 aromatic rings. The third-order valence-corrected chi connectivity index (χ3v) is 3.80. The van der Waals surface area contributed by atoms with Crippen LogP contribution in [0.3, 0.4) is 0 Å². The minimum Gasteiger partial charge on any atom is -0.468 e. The number of hydrogen-bond acceptors (Lipinski definition) is 6. The topological polar surface area (TPSA) is 82.8 Å². The van der Waals surface area contributed by atoms with E-state index in [2.05, 4.69) is 10.3 Å². The smallest absolute Gasteiger partial charge is 0.279 e. The molecule has 1 unspecified atom stereocenters. The monoisotopic (exact) mass is 313 g/mol. The van der Waals surface area contributed by atoms with Crippen LogP contribution in [0.1, 0.15) is 12.5 Å². The quantitative estimate of drug-likeness (QED) is 0.763. The van der Waals surface area contributed by atoms with Crippen LogP contribution in [-0.4, -0.2) is 36.8 Å². The fourth-order valence-electron chi connectivity index (χ4n) is 1.49.